The van der Waals surface area contributed by atoms with Crippen molar-refractivity contribution >= 4 is 27.8 Å². The lowest BCUT2D eigenvalue weighted by atomic mass is 9.49. The largest absolute Gasteiger partial charge is 0.455 e. The molecule has 25 heavy (non-hydrogen) atoms. The Morgan fingerprint density at radius 3 is 2.24 bits per heavy atom. The molecule has 0 aromatic carbocycles. The molecule has 1 aliphatic heterocycles. The Labute approximate surface area is 159 Å². The summed E-state index contributed by atoms with van der Waals surface area (Å²) in [7, 11) is 0. The highest BCUT2D eigenvalue weighted by Gasteiger charge is 2.60. The van der Waals surface area contributed by atoms with Crippen molar-refractivity contribution < 1.29 is 14.3 Å². The third-order valence-electron chi connectivity index (χ3n) is 7.23. The fourth-order valence-corrected chi connectivity index (χ4v) is 8.11. The van der Waals surface area contributed by atoms with Crippen molar-refractivity contribution in [3.8, 4) is 0 Å². The Bertz CT molecular complexity index is 553. The molecule has 4 bridgehead atoms. The summed E-state index contributed by atoms with van der Waals surface area (Å²) in [6.45, 7) is 4.12. The van der Waals surface area contributed by atoms with Gasteiger partial charge < -0.3 is 9.64 Å². The SMILES string of the molecule is C[C@@H]1CCC[C@H](C)N1C(=O)COC(=O)C12C[C@@H]3C[C@@H](CC(Br)(C3)C1)C2. The molecule has 6 atom stereocenters. The molecular formula is C20H30BrNO3. The van der Waals surface area contributed by atoms with E-state index in [9.17, 15) is 9.59 Å². The molecule has 1 amide bonds. The number of alkyl halides is 1. The van der Waals surface area contributed by atoms with Crippen LogP contribution in [0.1, 0.15) is 71.6 Å². The van der Waals surface area contributed by atoms with Crippen molar-refractivity contribution in [3.63, 3.8) is 0 Å². The summed E-state index contributed by atoms with van der Waals surface area (Å²) in [5, 5.41) is 0. The van der Waals surface area contributed by atoms with Gasteiger partial charge in [0, 0.05) is 16.4 Å². The Kier molecular flexibility index (Phi) is 4.45. The monoisotopic (exact) mass is 411 g/mol. The molecule has 0 N–H and O–H groups in total. The zero-order chi connectivity index (χ0) is 17.8. The van der Waals surface area contributed by atoms with Crippen molar-refractivity contribution in [1.82, 2.24) is 4.90 Å². The average molecular weight is 412 g/mol. The third kappa shape index (κ3) is 3.15. The predicted molar refractivity (Wildman–Crippen MR) is 99.4 cm³/mol. The second-order valence-corrected chi connectivity index (χ2v) is 11.1. The van der Waals surface area contributed by atoms with Crippen LogP contribution in [0.4, 0.5) is 0 Å². The summed E-state index contributed by atoms with van der Waals surface area (Å²) in [5.41, 5.74) is -0.340. The zero-order valence-electron chi connectivity index (χ0n) is 15.4. The maximum Gasteiger partial charge on any atom is 0.312 e. The number of piperidine rings is 1. The van der Waals surface area contributed by atoms with Crippen molar-refractivity contribution in [3.05, 3.63) is 0 Å². The van der Waals surface area contributed by atoms with Crippen LogP contribution in [0.2, 0.25) is 0 Å². The number of carbonyl (C=O) groups excluding carboxylic acids is 2. The number of hydrogen-bond donors (Lipinski definition) is 0. The number of esters is 1. The summed E-state index contributed by atoms with van der Waals surface area (Å²) >= 11 is 3.94. The molecule has 0 spiro atoms. The molecule has 5 fully saturated rings. The minimum atomic E-state index is -0.340. The lowest BCUT2D eigenvalue weighted by Crippen LogP contribution is -2.56. The lowest BCUT2D eigenvalue weighted by Gasteiger charge is -2.58. The molecule has 5 aliphatic rings. The highest BCUT2D eigenvalue weighted by molar-refractivity contribution is 9.10. The van der Waals surface area contributed by atoms with Crippen LogP contribution in [-0.4, -0.2) is 39.8 Å². The highest BCUT2D eigenvalue weighted by atomic mass is 79.9. The van der Waals surface area contributed by atoms with Gasteiger partial charge in [-0.2, -0.15) is 0 Å². The molecule has 4 saturated carbocycles. The second kappa shape index (κ2) is 6.24. The Balaban J connectivity index is 1.40. The first kappa shape index (κ1) is 17.8. The van der Waals surface area contributed by atoms with E-state index in [-0.39, 0.29) is 40.3 Å². The molecule has 5 rings (SSSR count). The van der Waals surface area contributed by atoms with Crippen molar-refractivity contribution in [2.24, 2.45) is 17.3 Å². The average Bonchev–Trinajstić information content (AvgIpc) is 2.50. The van der Waals surface area contributed by atoms with Crippen molar-refractivity contribution in [1.29, 1.82) is 0 Å². The third-order valence-corrected chi connectivity index (χ3v) is 8.16. The minimum absolute atomic E-state index is 0.0219. The summed E-state index contributed by atoms with van der Waals surface area (Å²) in [5.74, 6) is 1.15. The molecule has 1 heterocycles. The van der Waals surface area contributed by atoms with Gasteiger partial charge >= 0.3 is 5.97 Å². The van der Waals surface area contributed by atoms with E-state index in [1.807, 2.05) is 4.90 Å². The van der Waals surface area contributed by atoms with Crippen molar-refractivity contribution in [2.45, 2.75) is 88.0 Å². The van der Waals surface area contributed by atoms with Gasteiger partial charge in [0.25, 0.3) is 5.91 Å². The number of likely N-dealkylation sites (tertiary alicyclic amines) is 1. The smallest absolute Gasteiger partial charge is 0.312 e. The summed E-state index contributed by atoms with van der Waals surface area (Å²) < 4.78 is 5.77. The van der Waals surface area contributed by atoms with Crippen LogP contribution in [0.15, 0.2) is 0 Å². The molecule has 2 unspecified atom stereocenters. The van der Waals surface area contributed by atoms with Crippen LogP contribution >= 0.6 is 15.9 Å². The van der Waals surface area contributed by atoms with Crippen LogP contribution < -0.4 is 0 Å². The number of amides is 1. The number of hydrogen-bond acceptors (Lipinski definition) is 3. The number of rotatable bonds is 3. The number of halogens is 1. The van der Waals surface area contributed by atoms with Gasteiger partial charge in [-0.25, -0.2) is 0 Å². The Hall–Kier alpha value is -0.580. The quantitative estimate of drug-likeness (QED) is 0.519. The number of nitrogens with zero attached hydrogens (tertiary/aromatic N) is 1. The number of ether oxygens (including phenoxy) is 1. The maximum atomic E-state index is 13.0. The second-order valence-electron chi connectivity index (χ2n) is 9.40. The summed E-state index contributed by atoms with van der Waals surface area (Å²) in [6.07, 6.45) is 9.72. The lowest BCUT2D eigenvalue weighted by molar-refractivity contribution is -0.173. The van der Waals surface area contributed by atoms with Gasteiger partial charge in [-0.15, -0.1) is 0 Å². The molecule has 0 radical (unpaired) electrons. The van der Waals surface area contributed by atoms with Gasteiger partial charge in [0.15, 0.2) is 6.61 Å². The molecule has 0 aromatic heterocycles. The molecule has 0 aromatic rings. The van der Waals surface area contributed by atoms with E-state index in [0.717, 1.165) is 32.1 Å². The Morgan fingerprint density at radius 2 is 1.68 bits per heavy atom. The van der Waals surface area contributed by atoms with E-state index < -0.39 is 0 Å². The van der Waals surface area contributed by atoms with E-state index in [1.165, 1.54) is 25.7 Å². The van der Waals surface area contributed by atoms with Gasteiger partial charge in [-0.05, 0) is 83.5 Å². The van der Waals surface area contributed by atoms with Gasteiger partial charge in [0.1, 0.15) is 0 Å². The van der Waals surface area contributed by atoms with Crippen LogP contribution in [0.3, 0.4) is 0 Å². The zero-order valence-corrected chi connectivity index (χ0v) is 17.0. The van der Waals surface area contributed by atoms with Gasteiger partial charge in [-0.1, -0.05) is 15.9 Å². The Morgan fingerprint density at radius 1 is 1.08 bits per heavy atom. The van der Waals surface area contributed by atoms with Crippen molar-refractivity contribution in [2.75, 3.05) is 6.61 Å². The number of carbonyl (C=O) groups is 2. The minimum Gasteiger partial charge on any atom is -0.455 e. The fourth-order valence-electron chi connectivity index (χ4n) is 6.66. The van der Waals surface area contributed by atoms with Gasteiger partial charge in [-0.3, -0.25) is 9.59 Å². The van der Waals surface area contributed by atoms with E-state index >= 15 is 0 Å². The van der Waals surface area contributed by atoms with E-state index in [4.69, 9.17) is 4.74 Å². The summed E-state index contributed by atoms with van der Waals surface area (Å²) in [6, 6.07) is 0.501. The van der Waals surface area contributed by atoms with Crippen LogP contribution in [0, 0.1) is 17.3 Å². The highest BCUT2D eigenvalue weighted by Crippen LogP contribution is 2.64. The van der Waals surface area contributed by atoms with Gasteiger partial charge in [0.05, 0.1) is 5.41 Å². The first-order chi connectivity index (χ1) is 11.8. The standard InChI is InChI=1S/C20H30BrNO3/c1-13-4-3-5-14(2)22(13)17(23)11-25-18(24)19-7-15-6-16(8-19)10-20(21,9-15)12-19/h13-16H,3-12H2,1-2H3/t13-,14+,15-,16+,19?,20?. The molecule has 5 heteroatoms. The molecule has 1 saturated heterocycles. The summed E-state index contributed by atoms with van der Waals surface area (Å²) in [4.78, 5) is 27.6. The molecule has 4 nitrogen and oxygen atoms in total. The van der Waals surface area contributed by atoms with Crippen LogP contribution in [-0.2, 0) is 14.3 Å². The predicted octanol–water partition coefficient (Wildman–Crippen LogP) is 4.05. The first-order valence-corrected chi connectivity index (χ1v) is 10.8. The maximum absolute atomic E-state index is 13.0. The van der Waals surface area contributed by atoms with E-state index in [0.29, 0.717) is 11.8 Å². The normalized spacial score (nSPS) is 45.5. The van der Waals surface area contributed by atoms with Gasteiger partial charge in [0.2, 0.25) is 0 Å². The molecule has 4 aliphatic carbocycles. The van der Waals surface area contributed by atoms with E-state index in [1.54, 1.807) is 0 Å². The fraction of sp³-hybridized carbons (Fsp3) is 0.900. The first-order valence-electron chi connectivity index (χ1n) is 9.98. The topological polar surface area (TPSA) is 46.6 Å². The van der Waals surface area contributed by atoms with E-state index in [2.05, 4.69) is 29.8 Å². The molecular weight excluding hydrogens is 382 g/mol. The van der Waals surface area contributed by atoms with Crippen LogP contribution in [0.5, 0.6) is 0 Å². The van der Waals surface area contributed by atoms with Crippen LogP contribution in [0.25, 0.3) is 0 Å². The molecule has 140 valence electrons.